The minimum absolute atomic E-state index is 0.282. The van der Waals surface area contributed by atoms with Gasteiger partial charge in [-0.1, -0.05) is 26.0 Å². The molecule has 1 aromatic heterocycles. The number of tetrazole rings is 1. The Bertz CT molecular complexity index is 270. The van der Waals surface area contributed by atoms with Gasteiger partial charge in [-0.25, -0.2) is 0 Å². The molecule has 1 heterocycles. The van der Waals surface area contributed by atoms with Gasteiger partial charge in [-0.15, -0.1) is 10.2 Å². The summed E-state index contributed by atoms with van der Waals surface area (Å²) in [5.74, 6) is 0.585. The summed E-state index contributed by atoms with van der Waals surface area (Å²) in [4.78, 5) is 0. The fourth-order valence-electron chi connectivity index (χ4n) is 1.15. The Kier molecular flexibility index (Phi) is 2.89. The van der Waals surface area contributed by atoms with Crippen LogP contribution in [-0.2, 0) is 5.54 Å². The van der Waals surface area contributed by atoms with Crippen LogP contribution in [0.1, 0.15) is 46.4 Å². The van der Waals surface area contributed by atoms with Gasteiger partial charge >= 0.3 is 0 Å². The highest BCUT2D eigenvalue weighted by Crippen LogP contribution is 2.27. The summed E-state index contributed by atoms with van der Waals surface area (Å²) in [7, 11) is 0. The van der Waals surface area contributed by atoms with E-state index in [1.807, 2.05) is 6.92 Å². The Morgan fingerprint density at radius 3 is 2.29 bits per heavy atom. The van der Waals surface area contributed by atoms with Crippen LogP contribution < -0.4 is 5.73 Å². The zero-order chi connectivity index (χ0) is 10.8. The number of aromatic amines is 1. The lowest BCUT2D eigenvalue weighted by Gasteiger charge is -2.25. The van der Waals surface area contributed by atoms with Crippen LogP contribution in [0.15, 0.2) is 0 Å². The molecule has 5 nitrogen and oxygen atoms in total. The van der Waals surface area contributed by atoms with Crippen LogP contribution in [-0.4, -0.2) is 20.6 Å². The predicted octanol–water partition coefficient (Wildman–Crippen LogP) is 1.20. The van der Waals surface area contributed by atoms with Crippen molar-refractivity contribution in [3.8, 4) is 0 Å². The molecule has 80 valence electrons. The highest BCUT2D eigenvalue weighted by molar-refractivity contribution is 4.98. The van der Waals surface area contributed by atoms with Crippen molar-refractivity contribution in [1.82, 2.24) is 20.6 Å². The number of nitrogens with one attached hydrogen (secondary N) is 1. The molecular weight excluding hydrogens is 178 g/mol. The molecule has 0 saturated heterocycles. The molecule has 1 atom stereocenters. The van der Waals surface area contributed by atoms with Gasteiger partial charge in [0.1, 0.15) is 0 Å². The quantitative estimate of drug-likeness (QED) is 0.763. The molecular formula is C9H19N5. The molecule has 0 saturated carbocycles. The summed E-state index contributed by atoms with van der Waals surface area (Å²) >= 11 is 0. The molecule has 14 heavy (non-hydrogen) atoms. The number of hydrogen-bond acceptors (Lipinski definition) is 4. The van der Waals surface area contributed by atoms with Crippen LogP contribution in [0.4, 0.5) is 0 Å². The van der Waals surface area contributed by atoms with Crippen LogP contribution in [0.25, 0.3) is 0 Å². The van der Waals surface area contributed by atoms with Gasteiger partial charge < -0.3 is 5.73 Å². The summed E-state index contributed by atoms with van der Waals surface area (Å²) in [6, 6.07) is 0. The summed E-state index contributed by atoms with van der Waals surface area (Å²) < 4.78 is 0. The van der Waals surface area contributed by atoms with Gasteiger partial charge in [-0.05, 0) is 25.2 Å². The fraction of sp³-hybridized carbons (Fsp3) is 0.889. The topological polar surface area (TPSA) is 80.5 Å². The first-order chi connectivity index (χ1) is 6.31. The molecule has 0 amide bonds. The van der Waals surface area contributed by atoms with E-state index in [9.17, 15) is 0 Å². The SMILES string of the molecule is CC(C)(C)CCC(C)(N)c1nn[nH]n1. The molecule has 0 aromatic carbocycles. The molecule has 0 radical (unpaired) electrons. The third-order valence-electron chi connectivity index (χ3n) is 2.25. The Balaban J connectivity index is 2.59. The number of nitrogens with two attached hydrogens (primary N) is 1. The second-order valence-electron chi connectivity index (χ2n) is 5.21. The number of nitrogens with zero attached hydrogens (tertiary/aromatic N) is 3. The van der Waals surface area contributed by atoms with Gasteiger partial charge in [-0.3, -0.25) is 0 Å². The zero-order valence-electron chi connectivity index (χ0n) is 9.33. The first-order valence-electron chi connectivity index (χ1n) is 4.84. The molecule has 0 fully saturated rings. The van der Waals surface area contributed by atoms with Crippen LogP contribution in [0, 0.1) is 5.41 Å². The van der Waals surface area contributed by atoms with Crippen molar-refractivity contribution in [2.45, 2.75) is 46.1 Å². The molecule has 0 bridgehead atoms. The molecule has 3 N–H and O–H groups in total. The molecule has 0 aliphatic heterocycles. The van der Waals surface area contributed by atoms with Crippen LogP contribution in [0.3, 0.4) is 0 Å². The van der Waals surface area contributed by atoms with E-state index >= 15 is 0 Å². The maximum atomic E-state index is 6.10. The Hall–Kier alpha value is -0.970. The highest BCUT2D eigenvalue weighted by atomic mass is 15.5. The summed E-state index contributed by atoms with van der Waals surface area (Å²) in [6.07, 6.45) is 1.89. The summed E-state index contributed by atoms with van der Waals surface area (Å²) in [5, 5.41) is 13.8. The van der Waals surface area contributed by atoms with E-state index in [1.165, 1.54) is 0 Å². The van der Waals surface area contributed by atoms with Gasteiger partial charge in [0.05, 0.1) is 5.54 Å². The largest absolute Gasteiger partial charge is 0.319 e. The molecule has 1 unspecified atom stereocenters. The number of hydrogen-bond donors (Lipinski definition) is 2. The van der Waals surface area contributed by atoms with Gasteiger partial charge in [0.25, 0.3) is 0 Å². The van der Waals surface area contributed by atoms with Gasteiger partial charge in [0.2, 0.25) is 0 Å². The first-order valence-corrected chi connectivity index (χ1v) is 4.84. The van der Waals surface area contributed by atoms with Crippen molar-refractivity contribution in [3.63, 3.8) is 0 Å². The zero-order valence-corrected chi connectivity index (χ0v) is 9.33. The third-order valence-corrected chi connectivity index (χ3v) is 2.25. The maximum absolute atomic E-state index is 6.10. The first kappa shape index (κ1) is 11.1. The maximum Gasteiger partial charge on any atom is 0.194 e. The highest BCUT2D eigenvalue weighted by Gasteiger charge is 2.27. The smallest absolute Gasteiger partial charge is 0.194 e. The van der Waals surface area contributed by atoms with E-state index in [0.717, 1.165) is 12.8 Å². The molecule has 1 rings (SSSR count). The Morgan fingerprint density at radius 2 is 1.86 bits per heavy atom. The van der Waals surface area contributed by atoms with Crippen molar-refractivity contribution in [2.75, 3.05) is 0 Å². The predicted molar refractivity (Wildman–Crippen MR) is 54.4 cm³/mol. The molecule has 5 heteroatoms. The van der Waals surface area contributed by atoms with Crippen molar-refractivity contribution < 1.29 is 0 Å². The molecule has 0 aliphatic carbocycles. The second kappa shape index (κ2) is 3.65. The lowest BCUT2D eigenvalue weighted by molar-refractivity contribution is 0.299. The molecule has 0 aliphatic rings. The Labute approximate surface area is 84.5 Å². The monoisotopic (exact) mass is 197 g/mol. The van der Waals surface area contributed by atoms with Gasteiger partial charge in [0.15, 0.2) is 5.82 Å². The molecule has 1 aromatic rings. The average Bonchev–Trinajstić information content (AvgIpc) is 2.52. The van der Waals surface area contributed by atoms with E-state index < -0.39 is 5.54 Å². The minimum Gasteiger partial charge on any atom is -0.319 e. The van der Waals surface area contributed by atoms with Crippen LogP contribution in [0.5, 0.6) is 0 Å². The van der Waals surface area contributed by atoms with Crippen LogP contribution >= 0.6 is 0 Å². The lowest BCUT2D eigenvalue weighted by Crippen LogP contribution is -2.35. The third kappa shape index (κ3) is 3.06. The standard InChI is InChI=1S/C9H19N5/c1-8(2,3)5-6-9(4,10)7-11-13-14-12-7/h5-6,10H2,1-4H3,(H,11,12,13,14). The summed E-state index contributed by atoms with van der Waals surface area (Å²) in [6.45, 7) is 8.52. The number of aromatic nitrogens is 4. The average molecular weight is 197 g/mol. The van der Waals surface area contributed by atoms with Crippen LogP contribution in [0.2, 0.25) is 0 Å². The van der Waals surface area contributed by atoms with E-state index in [0.29, 0.717) is 5.82 Å². The minimum atomic E-state index is -0.486. The van der Waals surface area contributed by atoms with E-state index in [-0.39, 0.29) is 5.41 Å². The van der Waals surface area contributed by atoms with Gasteiger partial charge in [-0.2, -0.15) is 5.21 Å². The van der Waals surface area contributed by atoms with E-state index in [2.05, 4.69) is 41.4 Å². The van der Waals surface area contributed by atoms with Crippen molar-refractivity contribution in [3.05, 3.63) is 5.82 Å². The van der Waals surface area contributed by atoms with Crippen molar-refractivity contribution in [2.24, 2.45) is 11.1 Å². The molecule has 0 spiro atoms. The normalized spacial score (nSPS) is 16.6. The van der Waals surface area contributed by atoms with E-state index in [4.69, 9.17) is 5.73 Å². The second-order valence-corrected chi connectivity index (χ2v) is 5.21. The number of rotatable bonds is 3. The van der Waals surface area contributed by atoms with Gasteiger partial charge in [0, 0.05) is 0 Å². The van der Waals surface area contributed by atoms with Crippen molar-refractivity contribution in [1.29, 1.82) is 0 Å². The Morgan fingerprint density at radius 1 is 1.21 bits per heavy atom. The van der Waals surface area contributed by atoms with E-state index in [1.54, 1.807) is 0 Å². The van der Waals surface area contributed by atoms with Crippen molar-refractivity contribution >= 4 is 0 Å². The fourth-order valence-corrected chi connectivity index (χ4v) is 1.15. The summed E-state index contributed by atoms with van der Waals surface area (Å²) in [5.41, 5.74) is 5.90. The number of H-pyrrole nitrogens is 1. The lowest BCUT2D eigenvalue weighted by atomic mass is 9.84.